The molecule has 0 saturated heterocycles. The lowest BCUT2D eigenvalue weighted by molar-refractivity contribution is -0.202. The highest BCUT2D eigenvalue weighted by Gasteiger charge is 2.62. The summed E-state index contributed by atoms with van der Waals surface area (Å²) in [5.74, 6) is -5.08. The normalized spacial score (nSPS) is 14.3. The first kappa shape index (κ1) is 33.0. The fraction of sp³-hybridized carbons (Fsp3) is 0.542. The number of rotatable bonds is 14. The molecule has 3 atom stereocenters. The van der Waals surface area contributed by atoms with Crippen LogP contribution in [0.15, 0.2) is 35.3 Å². The molecule has 8 N–H and O–H groups in total. The third-order valence-corrected chi connectivity index (χ3v) is 5.41. The number of aliphatic imine (C=N–C) groups is 1. The van der Waals surface area contributed by atoms with E-state index in [1.54, 1.807) is 35.6 Å². The molecular formula is C24H35F3N6O6. The maximum Gasteiger partial charge on any atom is 0.420 e. The van der Waals surface area contributed by atoms with E-state index in [9.17, 15) is 37.5 Å². The van der Waals surface area contributed by atoms with E-state index in [2.05, 4.69) is 10.3 Å². The van der Waals surface area contributed by atoms with Crippen molar-refractivity contribution in [2.75, 3.05) is 6.54 Å². The van der Waals surface area contributed by atoms with Gasteiger partial charge >= 0.3 is 18.2 Å². The summed E-state index contributed by atoms with van der Waals surface area (Å²) in [5.41, 5.74) is 7.46. The third kappa shape index (κ3) is 10.7. The Bertz CT molecular complexity index is 1020. The van der Waals surface area contributed by atoms with Crippen molar-refractivity contribution in [3.8, 4) is 0 Å². The van der Waals surface area contributed by atoms with Crippen LogP contribution in [0.2, 0.25) is 0 Å². The zero-order valence-electron chi connectivity index (χ0n) is 21.9. The summed E-state index contributed by atoms with van der Waals surface area (Å²) >= 11 is 0. The molecule has 12 nitrogen and oxygen atoms in total. The second-order valence-electron chi connectivity index (χ2n) is 9.23. The van der Waals surface area contributed by atoms with Crippen molar-refractivity contribution in [3.63, 3.8) is 0 Å². The number of alkyl carbamates (subject to hydrolysis) is 1. The standard InChI is InChI=1S/C24H35F3N6O6/c1-14(2)12-23(24(25,26)27,33-22(38)39-13-16-8-5-4-6-9-16)20(37)31-15(3)18(34)32-17(19(35)36)10-7-11-30-21(28)29/h4-6,8-9,14-15,17H,7,10-13H2,1-3H3,(H,31,37)(H,32,34)(H,33,38)(H,35,36)(H4,28,29,30)/t15-,17-,23?/m0/s1. The van der Waals surface area contributed by atoms with Gasteiger partial charge in [0.25, 0.3) is 5.91 Å². The Kier molecular flexibility index (Phi) is 12.5. The summed E-state index contributed by atoms with van der Waals surface area (Å²) in [7, 11) is 0. The fourth-order valence-electron chi connectivity index (χ4n) is 3.50. The Morgan fingerprint density at radius 1 is 1.05 bits per heavy atom. The van der Waals surface area contributed by atoms with Crippen LogP contribution in [-0.4, -0.2) is 65.3 Å². The van der Waals surface area contributed by atoms with Gasteiger partial charge in [-0.1, -0.05) is 44.2 Å². The molecule has 0 bridgehead atoms. The van der Waals surface area contributed by atoms with E-state index in [1.165, 1.54) is 13.8 Å². The zero-order chi connectivity index (χ0) is 29.8. The summed E-state index contributed by atoms with van der Waals surface area (Å²) in [4.78, 5) is 53.2. The van der Waals surface area contributed by atoms with Gasteiger partial charge in [-0.25, -0.2) is 9.59 Å². The summed E-state index contributed by atoms with van der Waals surface area (Å²) in [6, 6.07) is 5.18. The number of ether oxygens (including phenoxy) is 1. The van der Waals surface area contributed by atoms with Gasteiger partial charge in [0, 0.05) is 6.54 Å². The number of carbonyl (C=O) groups excluding carboxylic acids is 3. The fourth-order valence-corrected chi connectivity index (χ4v) is 3.50. The molecule has 15 heteroatoms. The minimum Gasteiger partial charge on any atom is -0.480 e. The molecule has 0 heterocycles. The highest BCUT2D eigenvalue weighted by molar-refractivity contribution is 5.95. The highest BCUT2D eigenvalue weighted by atomic mass is 19.4. The molecule has 1 rings (SSSR count). The van der Waals surface area contributed by atoms with Gasteiger partial charge in [-0.05, 0) is 37.7 Å². The molecule has 3 amide bonds. The minimum atomic E-state index is -5.28. The number of aliphatic carboxylic acids is 1. The molecule has 0 aliphatic rings. The number of nitrogens with zero attached hydrogens (tertiary/aromatic N) is 1. The summed E-state index contributed by atoms with van der Waals surface area (Å²) in [5, 5.41) is 15.1. The summed E-state index contributed by atoms with van der Waals surface area (Å²) < 4.78 is 48.0. The van der Waals surface area contributed by atoms with Crippen LogP contribution in [0, 0.1) is 5.92 Å². The topological polar surface area (TPSA) is 198 Å². The quantitative estimate of drug-likeness (QED) is 0.111. The highest BCUT2D eigenvalue weighted by Crippen LogP contribution is 2.36. The molecule has 0 radical (unpaired) electrons. The summed E-state index contributed by atoms with van der Waals surface area (Å²) in [6.07, 6.45) is -7.54. The number of amides is 3. The van der Waals surface area contributed by atoms with Crippen LogP contribution in [0.3, 0.4) is 0 Å². The molecule has 0 aliphatic heterocycles. The van der Waals surface area contributed by atoms with Crippen molar-refractivity contribution in [2.24, 2.45) is 22.4 Å². The Hall–Kier alpha value is -4.04. The second-order valence-corrected chi connectivity index (χ2v) is 9.23. The van der Waals surface area contributed by atoms with E-state index in [1.807, 2.05) is 5.32 Å². The van der Waals surface area contributed by atoms with Gasteiger partial charge in [0.15, 0.2) is 5.96 Å². The number of benzene rings is 1. The molecule has 218 valence electrons. The second kappa shape index (κ2) is 14.8. The van der Waals surface area contributed by atoms with Gasteiger partial charge in [-0.15, -0.1) is 0 Å². The Morgan fingerprint density at radius 2 is 1.67 bits per heavy atom. The SMILES string of the molecule is CC(C)CC(NC(=O)OCc1ccccc1)(C(=O)N[C@@H](C)C(=O)N[C@@H](CCCN=C(N)N)C(=O)O)C(F)(F)F. The molecule has 1 unspecified atom stereocenters. The lowest BCUT2D eigenvalue weighted by atomic mass is 9.86. The van der Waals surface area contributed by atoms with Gasteiger partial charge in [-0.3, -0.25) is 19.9 Å². The van der Waals surface area contributed by atoms with Gasteiger partial charge in [-0.2, -0.15) is 13.2 Å². The maximum absolute atomic E-state index is 14.4. The number of hydrogen-bond donors (Lipinski definition) is 6. The van der Waals surface area contributed by atoms with Crippen molar-refractivity contribution in [2.45, 2.75) is 70.4 Å². The first-order chi connectivity index (χ1) is 18.1. The van der Waals surface area contributed by atoms with Crippen molar-refractivity contribution in [1.82, 2.24) is 16.0 Å². The number of halogens is 3. The predicted octanol–water partition coefficient (Wildman–Crippen LogP) is 1.39. The number of carboxylic acids is 1. The lowest BCUT2D eigenvalue weighted by Gasteiger charge is -2.36. The number of guanidine groups is 1. The van der Waals surface area contributed by atoms with Crippen molar-refractivity contribution >= 4 is 29.8 Å². The molecule has 0 aromatic heterocycles. The number of carbonyl (C=O) groups is 4. The largest absolute Gasteiger partial charge is 0.480 e. The van der Waals surface area contributed by atoms with Gasteiger partial charge < -0.3 is 31.9 Å². The Labute approximate surface area is 223 Å². The zero-order valence-corrected chi connectivity index (χ0v) is 21.9. The van der Waals surface area contributed by atoms with Gasteiger partial charge in [0.2, 0.25) is 11.4 Å². The smallest absolute Gasteiger partial charge is 0.420 e. The first-order valence-corrected chi connectivity index (χ1v) is 12.0. The van der Waals surface area contributed by atoms with Crippen LogP contribution in [0.25, 0.3) is 0 Å². The van der Waals surface area contributed by atoms with Gasteiger partial charge in [0.1, 0.15) is 18.7 Å². The maximum atomic E-state index is 14.4. The minimum absolute atomic E-state index is 0.0869. The van der Waals surface area contributed by atoms with Gasteiger partial charge in [0.05, 0.1) is 0 Å². The Morgan fingerprint density at radius 3 is 2.18 bits per heavy atom. The van der Waals surface area contributed by atoms with Crippen LogP contribution in [0.4, 0.5) is 18.0 Å². The van der Waals surface area contributed by atoms with E-state index in [0.717, 1.165) is 6.92 Å². The van der Waals surface area contributed by atoms with Crippen LogP contribution in [0.5, 0.6) is 0 Å². The average Bonchev–Trinajstić information content (AvgIpc) is 2.83. The molecule has 0 aliphatic carbocycles. The van der Waals surface area contributed by atoms with E-state index >= 15 is 0 Å². The lowest BCUT2D eigenvalue weighted by Crippen LogP contribution is -2.69. The van der Waals surface area contributed by atoms with Crippen molar-refractivity contribution in [1.29, 1.82) is 0 Å². The molecule has 0 saturated carbocycles. The molecule has 1 aromatic carbocycles. The average molecular weight is 561 g/mol. The summed E-state index contributed by atoms with van der Waals surface area (Å²) in [6.45, 7) is 3.66. The number of carboxylic acid groups (broad SMARTS) is 1. The number of nitrogens with two attached hydrogens (primary N) is 2. The van der Waals surface area contributed by atoms with Crippen molar-refractivity contribution < 1.29 is 42.2 Å². The monoisotopic (exact) mass is 560 g/mol. The van der Waals surface area contributed by atoms with E-state index in [0.29, 0.717) is 5.56 Å². The Balaban J connectivity index is 3.03. The van der Waals surface area contributed by atoms with E-state index < -0.39 is 60.0 Å². The number of nitrogens with one attached hydrogen (secondary N) is 3. The van der Waals surface area contributed by atoms with Crippen LogP contribution in [-0.2, 0) is 25.7 Å². The molecule has 0 spiro atoms. The molecule has 0 fully saturated rings. The van der Waals surface area contributed by atoms with Crippen molar-refractivity contribution in [3.05, 3.63) is 35.9 Å². The number of hydrogen-bond acceptors (Lipinski definition) is 6. The predicted molar refractivity (Wildman–Crippen MR) is 135 cm³/mol. The third-order valence-electron chi connectivity index (χ3n) is 5.41. The van der Waals surface area contributed by atoms with E-state index in [-0.39, 0.29) is 32.0 Å². The van der Waals surface area contributed by atoms with E-state index in [4.69, 9.17) is 16.2 Å². The first-order valence-electron chi connectivity index (χ1n) is 12.0. The molecule has 39 heavy (non-hydrogen) atoms. The van der Waals surface area contributed by atoms with Crippen LogP contribution in [0.1, 0.15) is 45.6 Å². The number of alkyl halides is 3. The van der Waals surface area contributed by atoms with Crippen LogP contribution >= 0.6 is 0 Å². The van der Waals surface area contributed by atoms with Crippen LogP contribution < -0.4 is 27.4 Å². The molecule has 1 aromatic rings. The molecular weight excluding hydrogens is 525 g/mol.